The van der Waals surface area contributed by atoms with Crippen molar-refractivity contribution in [2.24, 2.45) is 38.8 Å². The SMILES string of the molecule is C#CCOCCOCCOCCOCCC(=O)N(CCCCNC(=O)CO[C@@H]([C@@H]1OC(C(=O)OC)=C[C@H](N=C(N)N)[C@H]1C)[C@H]1COC(=O)O1)CCOCCNC(=O)CO[C@@H]([C@@H]1OC(C(=O)OC)=C[C@H](N=C(N)N)[C@H]1NC(C)=O)[C@H]1COC(=O)O1. The first-order valence-electron chi connectivity index (χ1n) is 26.8. The summed E-state index contributed by atoms with van der Waals surface area (Å²) in [7, 11) is 2.26. The lowest BCUT2D eigenvalue weighted by atomic mass is 9.87. The van der Waals surface area contributed by atoms with Crippen LogP contribution in [0.4, 0.5) is 9.59 Å². The fourth-order valence-electron chi connectivity index (χ4n) is 8.54. The highest BCUT2D eigenvalue weighted by atomic mass is 16.8. The minimum absolute atomic E-state index is 0.000266. The van der Waals surface area contributed by atoms with E-state index in [-0.39, 0.29) is 109 Å². The Morgan fingerprint density at radius 2 is 1.17 bits per heavy atom. The zero-order valence-corrected chi connectivity index (χ0v) is 47.4. The number of hydrogen-bond donors (Lipinski definition) is 7. The number of unbranched alkanes of at least 4 members (excludes halogenated alkanes) is 1. The van der Waals surface area contributed by atoms with Crippen LogP contribution >= 0.6 is 0 Å². The molecule has 2 fully saturated rings. The van der Waals surface area contributed by atoms with E-state index in [0.717, 1.165) is 14.2 Å². The molecule has 4 aliphatic rings. The lowest BCUT2D eigenvalue weighted by molar-refractivity contribution is -0.156. The molecule has 0 aromatic rings. The third-order valence-corrected chi connectivity index (χ3v) is 12.5. The average molecular weight is 1200 g/mol. The monoisotopic (exact) mass is 1200 g/mol. The van der Waals surface area contributed by atoms with Crippen molar-refractivity contribution in [3.05, 3.63) is 23.7 Å². The highest BCUT2D eigenvalue weighted by Crippen LogP contribution is 2.33. The van der Waals surface area contributed by atoms with E-state index in [1.807, 2.05) is 0 Å². The molecule has 4 heterocycles. The van der Waals surface area contributed by atoms with Crippen LogP contribution in [0.5, 0.6) is 0 Å². The molecule has 33 heteroatoms. The van der Waals surface area contributed by atoms with Gasteiger partial charge in [0.25, 0.3) is 0 Å². The molecule has 4 amide bonds. The van der Waals surface area contributed by atoms with E-state index in [9.17, 15) is 38.4 Å². The summed E-state index contributed by atoms with van der Waals surface area (Å²) in [6, 6.07) is -3.00. The summed E-state index contributed by atoms with van der Waals surface area (Å²) in [5.74, 6) is -3.14. The smallest absolute Gasteiger partial charge is 0.480 e. The van der Waals surface area contributed by atoms with Crippen LogP contribution in [0.15, 0.2) is 33.7 Å². The van der Waals surface area contributed by atoms with Crippen LogP contribution in [0.1, 0.15) is 33.1 Å². The first-order chi connectivity index (χ1) is 40.3. The second kappa shape index (κ2) is 37.5. The van der Waals surface area contributed by atoms with Crippen molar-refractivity contribution in [1.82, 2.24) is 20.9 Å². The van der Waals surface area contributed by atoms with Crippen molar-refractivity contribution in [2.45, 2.75) is 87.9 Å². The van der Waals surface area contributed by atoms with Crippen molar-refractivity contribution < 1.29 is 109 Å². The standard InChI is InChI=1S/C51H78N10O23/c1-6-14-72-18-20-75-22-23-76-21-19-73-15-9-40(65)61(12-8-7-10-56-38(63)28-77-43(36-26-79-50(68)83-36)42-30(2)32(59-48(52)53)24-34(81-42)46(66)70-4)13-17-74-16-11-57-39(64)29-78-44(37-27-80-51(69)84-37)45-41(58-31(3)62)33(60-49(54)55)25-35(82-45)47(67)71-5/h1,24-25,30,32-33,36-37,41-45H,7-23,26-29H2,2-5H3,(H,56,63)(H,57,64)(H,58,62)(H4,52,53,59)(H4,54,55,60)/t30-,32+,33+,36-,37-,41-,42-,43-,44-,45-/m1/s1. The van der Waals surface area contributed by atoms with Gasteiger partial charge in [-0.2, -0.15) is 0 Å². The minimum Gasteiger partial charge on any atom is -0.480 e. The number of nitrogens with one attached hydrogen (secondary N) is 3. The predicted octanol–water partition coefficient (Wildman–Crippen LogP) is -3.89. The molecule has 84 heavy (non-hydrogen) atoms. The second-order valence-electron chi connectivity index (χ2n) is 18.6. The molecule has 4 aliphatic heterocycles. The summed E-state index contributed by atoms with van der Waals surface area (Å²) in [5, 5.41) is 8.08. The molecule has 33 nitrogen and oxygen atoms in total. The minimum atomic E-state index is -1.35. The van der Waals surface area contributed by atoms with E-state index in [4.69, 9.17) is 100 Å². The zero-order chi connectivity index (χ0) is 61.4. The van der Waals surface area contributed by atoms with Crippen molar-refractivity contribution in [3.8, 4) is 12.3 Å². The average Bonchev–Trinajstić information content (AvgIpc) is 2.88. The molecule has 0 radical (unpaired) electrons. The van der Waals surface area contributed by atoms with E-state index in [1.54, 1.807) is 11.8 Å². The van der Waals surface area contributed by atoms with Crippen LogP contribution in [0, 0.1) is 18.3 Å². The fraction of sp³-hybridized carbons (Fsp3) is 0.686. The maximum atomic E-state index is 13.5. The normalized spacial score (nSPS) is 22.2. The number of carbonyl (C=O) groups excluding carboxylic acids is 8. The number of guanidine groups is 2. The molecule has 0 saturated carbocycles. The number of terminal acetylenes is 1. The van der Waals surface area contributed by atoms with Gasteiger partial charge in [0.2, 0.25) is 35.1 Å². The molecule has 0 bridgehead atoms. The van der Waals surface area contributed by atoms with Gasteiger partial charge < -0.3 is 115 Å². The Hall–Kier alpha value is -7.74. The molecule has 0 spiro atoms. The van der Waals surface area contributed by atoms with Gasteiger partial charge in [-0.1, -0.05) is 12.8 Å². The lowest BCUT2D eigenvalue weighted by Gasteiger charge is -2.40. The molecule has 0 aromatic heterocycles. The Kier molecular flexibility index (Phi) is 30.7. The Labute approximate surface area is 484 Å². The van der Waals surface area contributed by atoms with Gasteiger partial charge in [0.05, 0.1) is 98.2 Å². The maximum absolute atomic E-state index is 13.5. The Bertz CT molecular complexity index is 2340. The molecule has 2 saturated heterocycles. The van der Waals surface area contributed by atoms with Gasteiger partial charge in [-0.15, -0.1) is 6.42 Å². The topological polar surface area (TPSA) is 443 Å². The van der Waals surface area contributed by atoms with Crippen molar-refractivity contribution in [2.75, 3.05) is 133 Å². The number of rotatable bonds is 39. The van der Waals surface area contributed by atoms with Gasteiger partial charge in [-0.25, -0.2) is 29.2 Å². The van der Waals surface area contributed by atoms with Crippen LogP contribution < -0.4 is 38.9 Å². The number of nitrogens with two attached hydrogens (primary N) is 4. The number of methoxy groups -OCH3 is 2. The number of aliphatic imine (C=N–C) groups is 2. The number of ether oxygens (including phenoxy) is 15. The lowest BCUT2D eigenvalue weighted by Crippen LogP contribution is -2.60. The van der Waals surface area contributed by atoms with Gasteiger partial charge in [-0.3, -0.25) is 19.2 Å². The van der Waals surface area contributed by atoms with Crippen molar-refractivity contribution in [3.63, 3.8) is 0 Å². The Balaban J connectivity index is 1.29. The van der Waals surface area contributed by atoms with Crippen LogP contribution in [0.25, 0.3) is 0 Å². The molecule has 0 aromatic carbocycles. The third-order valence-electron chi connectivity index (χ3n) is 12.5. The largest absolute Gasteiger partial charge is 0.508 e. The van der Waals surface area contributed by atoms with Gasteiger partial charge in [0.15, 0.2) is 30.2 Å². The first-order valence-corrected chi connectivity index (χ1v) is 26.8. The van der Waals surface area contributed by atoms with Gasteiger partial charge in [-0.05, 0) is 25.0 Å². The molecule has 11 N–H and O–H groups in total. The quantitative estimate of drug-likeness (QED) is 0.00773. The van der Waals surface area contributed by atoms with Crippen molar-refractivity contribution >= 4 is 59.8 Å². The molecule has 0 unspecified atom stereocenters. The Morgan fingerprint density at radius 1 is 0.667 bits per heavy atom. The predicted molar refractivity (Wildman–Crippen MR) is 287 cm³/mol. The van der Waals surface area contributed by atoms with E-state index in [0.29, 0.717) is 39.3 Å². The fourth-order valence-corrected chi connectivity index (χ4v) is 8.54. The van der Waals surface area contributed by atoms with E-state index < -0.39 is 122 Å². The number of esters is 2. The number of carbonyl (C=O) groups is 8. The molecule has 4 rings (SSSR count). The summed E-state index contributed by atoms with van der Waals surface area (Å²) in [4.78, 5) is 111. The van der Waals surface area contributed by atoms with Gasteiger partial charge in [0.1, 0.15) is 51.3 Å². The number of cyclic esters (lactones) is 4. The maximum Gasteiger partial charge on any atom is 0.508 e. The molecule has 10 atom stereocenters. The van der Waals surface area contributed by atoms with Gasteiger partial charge in [0, 0.05) is 39.0 Å². The van der Waals surface area contributed by atoms with Crippen LogP contribution in [-0.4, -0.2) is 252 Å². The molecule has 0 aliphatic carbocycles. The second-order valence-corrected chi connectivity index (χ2v) is 18.6. The zero-order valence-electron chi connectivity index (χ0n) is 47.4. The van der Waals surface area contributed by atoms with Crippen molar-refractivity contribution in [1.29, 1.82) is 0 Å². The third kappa shape index (κ3) is 24.2. The summed E-state index contributed by atoms with van der Waals surface area (Å²) in [6.07, 6.45) is -0.420. The summed E-state index contributed by atoms with van der Waals surface area (Å²) in [6.45, 7) is 4.03. The van der Waals surface area contributed by atoms with Gasteiger partial charge >= 0.3 is 24.2 Å². The highest BCUT2D eigenvalue weighted by molar-refractivity contribution is 5.87. The van der Waals surface area contributed by atoms with E-state index in [1.165, 1.54) is 19.1 Å². The number of amides is 4. The van der Waals surface area contributed by atoms with Crippen LogP contribution in [0.3, 0.4) is 0 Å². The first kappa shape index (κ1) is 68.8. The molecule has 470 valence electrons. The molecular formula is C51H78N10O23. The van der Waals surface area contributed by atoms with Crippen LogP contribution in [0.2, 0.25) is 0 Å². The van der Waals surface area contributed by atoms with Crippen LogP contribution in [-0.2, 0) is 99.8 Å². The van der Waals surface area contributed by atoms with E-state index in [2.05, 4.69) is 31.9 Å². The highest BCUT2D eigenvalue weighted by Gasteiger charge is 2.50. The molecular weight excluding hydrogens is 1120 g/mol. The number of nitrogens with zero attached hydrogens (tertiary/aromatic N) is 3. The summed E-state index contributed by atoms with van der Waals surface area (Å²) in [5.41, 5.74) is 22.6. The summed E-state index contributed by atoms with van der Waals surface area (Å²) < 4.78 is 81.6. The summed E-state index contributed by atoms with van der Waals surface area (Å²) >= 11 is 0. The number of hydrogen-bond acceptors (Lipinski definition) is 25. The van der Waals surface area contributed by atoms with E-state index >= 15 is 0 Å². The Morgan fingerprint density at radius 3 is 1.69 bits per heavy atom.